The van der Waals surface area contributed by atoms with Gasteiger partial charge in [0.2, 0.25) is 0 Å². The molecule has 0 bridgehead atoms. The van der Waals surface area contributed by atoms with Crippen LogP contribution in [0.1, 0.15) is 20.8 Å². The average Bonchev–Trinajstić information content (AvgIpc) is 2.03. The van der Waals surface area contributed by atoms with E-state index in [1.165, 1.54) is 0 Å². The summed E-state index contributed by atoms with van der Waals surface area (Å²) < 4.78 is -0.0863. The monoisotopic (exact) mass is 246 g/mol. The number of allylic oxidation sites excluding steroid dienone is 2. The topological polar surface area (TPSA) is 58.6 Å². The summed E-state index contributed by atoms with van der Waals surface area (Å²) in [6, 6.07) is 0. The fraction of sp³-hybridized carbons (Fsp3) is 0.444. The highest BCUT2D eigenvalue weighted by Crippen LogP contribution is 2.18. The van der Waals surface area contributed by atoms with Gasteiger partial charge in [0.25, 0.3) is 0 Å². The van der Waals surface area contributed by atoms with Crippen LogP contribution in [0.3, 0.4) is 0 Å². The summed E-state index contributed by atoms with van der Waals surface area (Å²) in [5, 5.41) is 11.4. The average molecular weight is 247 g/mol. The third-order valence-corrected chi connectivity index (χ3v) is 1.64. The minimum atomic E-state index is -0.0863. The second kappa shape index (κ2) is 5.07. The van der Waals surface area contributed by atoms with Crippen LogP contribution < -0.4 is 5.73 Å². The Morgan fingerprint density at radius 3 is 2.38 bits per heavy atom. The van der Waals surface area contributed by atoms with Crippen molar-refractivity contribution in [1.82, 2.24) is 0 Å². The zero-order valence-electron chi connectivity index (χ0n) is 8.08. The maximum absolute atomic E-state index is 8.44. The van der Waals surface area contributed by atoms with Gasteiger partial charge in [0.1, 0.15) is 0 Å². The maximum Gasteiger partial charge on any atom is 0.169 e. The van der Waals surface area contributed by atoms with E-state index < -0.39 is 0 Å². The highest BCUT2D eigenvalue weighted by molar-refractivity contribution is 9.10. The molecule has 4 heteroatoms. The number of hydrogen-bond donors (Lipinski definition) is 2. The Bertz CT molecular complexity index is 249. The lowest BCUT2D eigenvalue weighted by atomic mass is 10.1. The molecule has 3 N–H and O–H groups in total. The summed E-state index contributed by atoms with van der Waals surface area (Å²) >= 11 is 3.45. The van der Waals surface area contributed by atoms with Gasteiger partial charge in [0.15, 0.2) is 5.84 Å². The summed E-state index contributed by atoms with van der Waals surface area (Å²) in [6.45, 7) is 5.84. The summed E-state index contributed by atoms with van der Waals surface area (Å²) in [6.07, 6.45) is 5.52. The molecule has 0 heterocycles. The normalized spacial score (nSPS) is 15.4. The minimum Gasteiger partial charge on any atom is -0.409 e. The molecule has 0 aromatic heterocycles. The van der Waals surface area contributed by atoms with Gasteiger partial charge in [-0.2, -0.15) is 0 Å². The van der Waals surface area contributed by atoms with Gasteiger partial charge in [-0.3, -0.25) is 0 Å². The third-order valence-electron chi connectivity index (χ3n) is 1.37. The van der Waals surface area contributed by atoms with Crippen LogP contribution in [0, 0.1) is 0 Å². The van der Waals surface area contributed by atoms with Gasteiger partial charge in [0.05, 0.1) is 0 Å². The van der Waals surface area contributed by atoms with Crippen molar-refractivity contribution in [2.75, 3.05) is 0 Å². The van der Waals surface area contributed by atoms with E-state index in [0.29, 0.717) is 5.57 Å². The first-order chi connectivity index (χ1) is 5.90. The van der Waals surface area contributed by atoms with Crippen LogP contribution in [0.5, 0.6) is 0 Å². The molecule has 0 atom stereocenters. The first-order valence-corrected chi connectivity index (χ1v) is 4.72. The molecule has 0 aromatic rings. The molecule has 0 radical (unpaired) electrons. The van der Waals surface area contributed by atoms with Crippen molar-refractivity contribution >= 4 is 21.8 Å². The predicted octanol–water partition coefficient (Wildman–Crippen LogP) is 2.41. The van der Waals surface area contributed by atoms with Crippen LogP contribution in [0.4, 0.5) is 0 Å². The van der Waals surface area contributed by atoms with Crippen molar-refractivity contribution in [3.63, 3.8) is 0 Å². The highest BCUT2D eigenvalue weighted by atomic mass is 79.9. The van der Waals surface area contributed by atoms with Crippen molar-refractivity contribution in [3.8, 4) is 0 Å². The number of amidine groups is 1. The van der Waals surface area contributed by atoms with Crippen LogP contribution in [0.25, 0.3) is 0 Å². The van der Waals surface area contributed by atoms with E-state index in [4.69, 9.17) is 10.9 Å². The molecule has 74 valence electrons. The maximum atomic E-state index is 8.44. The van der Waals surface area contributed by atoms with E-state index in [9.17, 15) is 0 Å². The second-order valence-corrected chi connectivity index (χ2v) is 5.17. The Kier molecular flexibility index (Phi) is 4.77. The molecule has 0 saturated heterocycles. The van der Waals surface area contributed by atoms with E-state index in [0.717, 1.165) is 0 Å². The molecule has 0 aliphatic carbocycles. The lowest BCUT2D eigenvalue weighted by molar-refractivity contribution is 0.318. The van der Waals surface area contributed by atoms with E-state index >= 15 is 0 Å². The van der Waals surface area contributed by atoms with E-state index in [-0.39, 0.29) is 10.2 Å². The van der Waals surface area contributed by atoms with Gasteiger partial charge in [-0.1, -0.05) is 39.3 Å². The lowest BCUT2D eigenvalue weighted by Crippen LogP contribution is -2.14. The molecule has 0 rings (SSSR count). The highest BCUT2D eigenvalue weighted by Gasteiger charge is 2.07. The summed E-state index contributed by atoms with van der Waals surface area (Å²) in [7, 11) is 0. The minimum absolute atomic E-state index is 0.0863. The SMILES string of the molecule is C/C=C(\C=C/C(C)(C)Br)C(/N)=N/O. The van der Waals surface area contributed by atoms with Crippen LogP contribution >= 0.6 is 15.9 Å². The smallest absolute Gasteiger partial charge is 0.169 e. The van der Waals surface area contributed by atoms with Gasteiger partial charge < -0.3 is 10.9 Å². The fourth-order valence-electron chi connectivity index (χ4n) is 0.675. The largest absolute Gasteiger partial charge is 0.409 e. The molecule has 0 spiro atoms. The molecule has 0 amide bonds. The van der Waals surface area contributed by atoms with Gasteiger partial charge in [-0.25, -0.2) is 0 Å². The Morgan fingerprint density at radius 2 is 2.08 bits per heavy atom. The Hall–Kier alpha value is -0.770. The van der Waals surface area contributed by atoms with E-state index in [1.54, 1.807) is 6.08 Å². The molecule has 0 aromatic carbocycles. The molecule has 0 unspecified atom stereocenters. The lowest BCUT2D eigenvalue weighted by Gasteiger charge is -2.09. The van der Waals surface area contributed by atoms with Crippen molar-refractivity contribution in [3.05, 3.63) is 23.8 Å². The predicted molar refractivity (Wildman–Crippen MR) is 59.3 cm³/mol. The van der Waals surface area contributed by atoms with Crippen LogP contribution in [-0.4, -0.2) is 15.4 Å². The van der Waals surface area contributed by atoms with Crippen molar-refractivity contribution in [1.29, 1.82) is 0 Å². The van der Waals surface area contributed by atoms with Crippen LogP contribution in [0.2, 0.25) is 0 Å². The Labute approximate surface area is 87.1 Å². The molecule has 0 aliphatic heterocycles. The number of oxime groups is 1. The van der Waals surface area contributed by atoms with Gasteiger partial charge in [-0.05, 0) is 20.8 Å². The first kappa shape index (κ1) is 12.2. The fourth-order valence-corrected chi connectivity index (χ4v) is 0.807. The molecule has 13 heavy (non-hydrogen) atoms. The number of rotatable bonds is 3. The zero-order chi connectivity index (χ0) is 10.5. The molecule has 0 aliphatic rings. The number of hydrogen-bond acceptors (Lipinski definition) is 2. The third kappa shape index (κ3) is 5.47. The van der Waals surface area contributed by atoms with Gasteiger partial charge >= 0.3 is 0 Å². The molecule has 0 fully saturated rings. The molecular weight excluding hydrogens is 232 g/mol. The van der Waals surface area contributed by atoms with Crippen molar-refractivity contribution in [2.45, 2.75) is 25.1 Å². The molecule has 3 nitrogen and oxygen atoms in total. The van der Waals surface area contributed by atoms with Gasteiger partial charge in [-0.15, -0.1) is 0 Å². The van der Waals surface area contributed by atoms with Crippen LogP contribution in [-0.2, 0) is 0 Å². The first-order valence-electron chi connectivity index (χ1n) is 3.93. The van der Waals surface area contributed by atoms with Crippen molar-refractivity contribution in [2.24, 2.45) is 10.9 Å². The molecule has 0 saturated carbocycles. The second-order valence-electron chi connectivity index (χ2n) is 3.13. The number of nitrogens with two attached hydrogens (primary N) is 1. The Morgan fingerprint density at radius 1 is 1.54 bits per heavy atom. The standard InChI is InChI=1S/C9H15BrN2O/c1-4-7(8(11)12-13)5-6-9(2,3)10/h4-6,13H,1-3H3,(H2,11,12)/b6-5-,7-4+. The van der Waals surface area contributed by atoms with Crippen LogP contribution in [0.15, 0.2) is 29.0 Å². The number of alkyl halides is 1. The number of nitrogens with zero attached hydrogens (tertiary/aromatic N) is 1. The zero-order valence-corrected chi connectivity index (χ0v) is 9.67. The van der Waals surface area contributed by atoms with E-state index in [1.807, 2.05) is 32.9 Å². The Balaban J connectivity index is 4.60. The van der Waals surface area contributed by atoms with Crippen molar-refractivity contribution < 1.29 is 5.21 Å². The number of halogens is 1. The molecular formula is C9H15BrN2O. The summed E-state index contributed by atoms with van der Waals surface area (Å²) in [4.78, 5) is 0. The summed E-state index contributed by atoms with van der Waals surface area (Å²) in [5.41, 5.74) is 6.13. The summed E-state index contributed by atoms with van der Waals surface area (Å²) in [5.74, 6) is 0.121. The van der Waals surface area contributed by atoms with E-state index in [2.05, 4.69) is 21.1 Å². The quantitative estimate of drug-likeness (QED) is 0.201. The van der Waals surface area contributed by atoms with Gasteiger partial charge in [0, 0.05) is 9.90 Å².